The first-order valence-electron chi connectivity index (χ1n) is 4.65. The van der Waals surface area contributed by atoms with Gasteiger partial charge in [0.2, 0.25) is 5.76 Å². The molecule has 0 aliphatic rings. The molecule has 4 nitrogen and oxygen atoms in total. The van der Waals surface area contributed by atoms with Gasteiger partial charge in [-0.1, -0.05) is 5.16 Å². The number of benzene rings is 1. The van der Waals surface area contributed by atoms with Crippen LogP contribution in [0.15, 0.2) is 22.7 Å². The lowest BCUT2D eigenvalue weighted by Gasteiger charge is -2.03. The molecule has 17 heavy (non-hydrogen) atoms. The second kappa shape index (κ2) is 3.97. The fourth-order valence-corrected chi connectivity index (χ4v) is 1.41. The van der Waals surface area contributed by atoms with Gasteiger partial charge in [-0.3, -0.25) is 0 Å². The molecule has 6 heteroatoms. The van der Waals surface area contributed by atoms with E-state index in [1.54, 1.807) is 0 Å². The van der Waals surface area contributed by atoms with Gasteiger partial charge in [-0.15, -0.1) is 0 Å². The van der Waals surface area contributed by atoms with Gasteiger partial charge in [0.1, 0.15) is 17.3 Å². The number of carboxylic acids is 1. The lowest BCUT2D eigenvalue weighted by molar-refractivity contribution is 0.0652. The van der Waals surface area contributed by atoms with Crippen molar-refractivity contribution in [3.05, 3.63) is 41.2 Å². The number of nitrogens with zero attached hydrogens (tertiary/aromatic N) is 1. The summed E-state index contributed by atoms with van der Waals surface area (Å²) >= 11 is 0. The Hall–Kier alpha value is -2.24. The fourth-order valence-electron chi connectivity index (χ4n) is 1.41. The van der Waals surface area contributed by atoms with Crippen molar-refractivity contribution in [2.75, 3.05) is 0 Å². The van der Waals surface area contributed by atoms with E-state index in [-0.39, 0.29) is 22.6 Å². The summed E-state index contributed by atoms with van der Waals surface area (Å²) in [7, 11) is 0. The summed E-state index contributed by atoms with van der Waals surface area (Å²) in [5, 5.41) is 12.1. The maximum absolute atomic E-state index is 13.3. The minimum Gasteiger partial charge on any atom is -0.475 e. The number of rotatable bonds is 2. The number of carbonyl (C=O) groups is 1. The molecule has 1 aromatic heterocycles. The third-order valence-electron chi connectivity index (χ3n) is 2.31. The SMILES string of the molecule is Cc1c(F)cc(F)cc1-c1cc(C(=O)O)on1. The van der Waals surface area contributed by atoms with Gasteiger partial charge in [-0.2, -0.15) is 0 Å². The summed E-state index contributed by atoms with van der Waals surface area (Å²) in [5.41, 5.74) is 0.425. The van der Waals surface area contributed by atoms with Crippen molar-refractivity contribution in [1.82, 2.24) is 5.16 Å². The van der Waals surface area contributed by atoms with Gasteiger partial charge >= 0.3 is 5.97 Å². The largest absolute Gasteiger partial charge is 0.475 e. The van der Waals surface area contributed by atoms with Gasteiger partial charge in [0.15, 0.2) is 0 Å². The molecule has 0 atom stereocenters. The Morgan fingerprint density at radius 2 is 2.06 bits per heavy atom. The van der Waals surface area contributed by atoms with Crippen LogP contribution in [0.1, 0.15) is 16.1 Å². The highest BCUT2D eigenvalue weighted by Gasteiger charge is 2.16. The molecule has 2 rings (SSSR count). The molecule has 0 amide bonds. The number of aromatic carboxylic acids is 1. The van der Waals surface area contributed by atoms with E-state index >= 15 is 0 Å². The Labute approximate surface area is 94.5 Å². The summed E-state index contributed by atoms with van der Waals surface area (Å²) in [6.45, 7) is 1.44. The van der Waals surface area contributed by atoms with Crippen LogP contribution >= 0.6 is 0 Å². The zero-order valence-corrected chi connectivity index (χ0v) is 8.70. The molecule has 0 unspecified atom stereocenters. The van der Waals surface area contributed by atoms with Gasteiger partial charge in [0.25, 0.3) is 0 Å². The Balaban J connectivity index is 2.56. The van der Waals surface area contributed by atoms with Crippen molar-refractivity contribution in [2.24, 2.45) is 0 Å². The zero-order chi connectivity index (χ0) is 12.6. The monoisotopic (exact) mass is 239 g/mol. The van der Waals surface area contributed by atoms with Crippen molar-refractivity contribution >= 4 is 5.97 Å². The van der Waals surface area contributed by atoms with E-state index in [9.17, 15) is 13.6 Å². The van der Waals surface area contributed by atoms with Crippen molar-refractivity contribution in [2.45, 2.75) is 6.92 Å². The summed E-state index contributed by atoms with van der Waals surface area (Å²) in [6.07, 6.45) is 0. The molecule has 1 heterocycles. The third-order valence-corrected chi connectivity index (χ3v) is 2.31. The quantitative estimate of drug-likeness (QED) is 0.874. The van der Waals surface area contributed by atoms with Crippen LogP contribution in [0, 0.1) is 18.6 Å². The summed E-state index contributed by atoms with van der Waals surface area (Å²) < 4.78 is 30.8. The highest BCUT2D eigenvalue weighted by atomic mass is 19.1. The summed E-state index contributed by atoms with van der Waals surface area (Å²) in [6, 6.07) is 2.93. The molecule has 1 N–H and O–H groups in total. The fraction of sp³-hybridized carbons (Fsp3) is 0.0909. The maximum atomic E-state index is 13.3. The number of carboxylic acid groups (broad SMARTS) is 1. The van der Waals surface area contributed by atoms with Crippen LogP contribution in [-0.2, 0) is 0 Å². The topological polar surface area (TPSA) is 63.3 Å². The van der Waals surface area contributed by atoms with Crippen molar-refractivity contribution < 1.29 is 23.2 Å². The van der Waals surface area contributed by atoms with E-state index in [0.29, 0.717) is 0 Å². The van der Waals surface area contributed by atoms with Crippen LogP contribution in [0.4, 0.5) is 8.78 Å². The van der Waals surface area contributed by atoms with Crippen molar-refractivity contribution in [1.29, 1.82) is 0 Å². The maximum Gasteiger partial charge on any atom is 0.374 e. The van der Waals surface area contributed by atoms with Crippen LogP contribution in [-0.4, -0.2) is 16.2 Å². The van der Waals surface area contributed by atoms with Gasteiger partial charge in [0.05, 0.1) is 0 Å². The molecule has 0 saturated carbocycles. The minimum absolute atomic E-state index is 0.0818. The van der Waals surface area contributed by atoms with E-state index in [1.807, 2.05) is 0 Å². The molecule has 0 fully saturated rings. The molecule has 0 spiro atoms. The Kier molecular flexibility index (Phi) is 2.63. The van der Waals surface area contributed by atoms with E-state index < -0.39 is 17.6 Å². The predicted octanol–water partition coefficient (Wildman–Crippen LogP) is 2.63. The van der Waals surface area contributed by atoms with Crippen LogP contribution in [0.25, 0.3) is 11.3 Å². The first-order chi connectivity index (χ1) is 7.99. The molecular formula is C11H7F2NO3. The van der Waals surface area contributed by atoms with Crippen molar-refractivity contribution in [3.63, 3.8) is 0 Å². The predicted molar refractivity (Wildman–Crippen MR) is 53.6 cm³/mol. The number of halogens is 2. The van der Waals surface area contributed by atoms with Crippen LogP contribution in [0.5, 0.6) is 0 Å². The Bertz CT molecular complexity index is 592. The minimum atomic E-state index is -1.29. The molecular weight excluding hydrogens is 232 g/mol. The van der Waals surface area contributed by atoms with E-state index in [1.165, 1.54) is 6.92 Å². The molecule has 0 bridgehead atoms. The second-order valence-electron chi connectivity index (χ2n) is 3.44. The zero-order valence-electron chi connectivity index (χ0n) is 8.70. The lowest BCUT2D eigenvalue weighted by atomic mass is 10.0. The Morgan fingerprint density at radius 1 is 1.35 bits per heavy atom. The number of hydrogen-bond donors (Lipinski definition) is 1. The highest BCUT2D eigenvalue weighted by molar-refractivity contribution is 5.85. The number of aromatic nitrogens is 1. The summed E-state index contributed by atoms with van der Waals surface area (Å²) in [5.74, 6) is -3.16. The standard InChI is InChI=1S/C11H7F2NO3/c1-5-7(2-6(12)3-8(5)13)9-4-10(11(15)16)17-14-9/h2-4H,1H3,(H,15,16). The molecule has 2 aromatic rings. The molecule has 0 radical (unpaired) electrons. The molecule has 88 valence electrons. The third kappa shape index (κ3) is 2.01. The van der Waals surface area contributed by atoms with Crippen molar-refractivity contribution in [3.8, 4) is 11.3 Å². The van der Waals surface area contributed by atoms with E-state index in [4.69, 9.17) is 5.11 Å². The summed E-state index contributed by atoms with van der Waals surface area (Å²) in [4.78, 5) is 10.6. The molecule has 0 aliphatic carbocycles. The molecule has 0 aliphatic heterocycles. The average molecular weight is 239 g/mol. The first-order valence-corrected chi connectivity index (χ1v) is 4.65. The average Bonchev–Trinajstić information content (AvgIpc) is 2.72. The number of hydrogen-bond acceptors (Lipinski definition) is 3. The normalized spacial score (nSPS) is 10.5. The van der Waals surface area contributed by atoms with Crippen LogP contribution in [0.3, 0.4) is 0 Å². The van der Waals surface area contributed by atoms with Gasteiger partial charge < -0.3 is 9.63 Å². The van der Waals surface area contributed by atoms with E-state index in [0.717, 1.165) is 18.2 Å². The second-order valence-corrected chi connectivity index (χ2v) is 3.44. The van der Waals surface area contributed by atoms with Crippen LogP contribution in [0.2, 0.25) is 0 Å². The molecule has 0 saturated heterocycles. The van der Waals surface area contributed by atoms with E-state index in [2.05, 4.69) is 9.68 Å². The smallest absolute Gasteiger partial charge is 0.374 e. The Morgan fingerprint density at radius 3 is 2.65 bits per heavy atom. The van der Waals surface area contributed by atoms with Crippen LogP contribution < -0.4 is 0 Å². The van der Waals surface area contributed by atoms with Gasteiger partial charge in [-0.25, -0.2) is 13.6 Å². The molecule has 1 aromatic carbocycles. The lowest BCUT2D eigenvalue weighted by Crippen LogP contribution is -1.92. The van der Waals surface area contributed by atoms with Gasteiger partial charge in [0, 0.05) is 17.7 Å². The highest BCUT2D eigenvalue weighted by Crippen LogP contribution is 2.26. The van der Waals surface area contributed by atoms with Gasteiger partial charge in [-0.05, 0) is 18.6 Å². The first kappa shape index (κ1) is 11.3.